The molecule has 1 aromatic carbocycles. The molecule has 0 fully saturated rings. The Labute approximate surface area is 113 Å². The van der Waals surface area contributed by atoms with E-state index in [1.807, 2.05) is 31.2 Å². The summed E-state index contributed by atoms with van der Waals surface area (Å²) >= 11 is 3.49. The molecule has 94 valence electrons. The second-order valence-electron chi connectivity index (χ2n) is 4.05. The fraction of sp³-hybridized carbons (Fsp3) is 0.231. The number of amides is 1. The average Bonchev–Trinajstić information content (AvgIpc) is 2.85. The average molecular weight is 309 g/mol. The maximum absolute atomic E-state index is 11.7. The van der Waals surface area contributed by atoms with Crippen molar-refractivity contribution in [2.24, 2.45) is 0 Å². The molecule has 0 aliphatic heterocycles. The minimum Gasteiger partial charge on any atom is -0.364 e. The summed E-state index contributed by atoms with van der Waals surface area (Å²) < 4.78 is 5.68. The van der Waals surface area contributed by atoms with Gasteiger partial charge >= 0.3 is 0 Å². The second kappa shape index (κ2) is 5.82. The van der Waals surface area contributed by atoms with Crippen molar-refractivity contribution in [2.45, 2.75) is 19.4 Å². The van der Waals surface area contributed by atoms with Gasteiger partial charge in [-0.25, -0.2) is 0 Å². The van der Waals surface area contributed by atoms with E-state index in [-0.39, 0.29) is 11.9 Å². The number of aromatic nitrogens is 1. The molecular weight excluding hydrogens is 296 g/mol. The molecule has 0 radical (unpaired) electrons. The third kappa shape index (κ3) is 3.20. The third-order valence-electron chi connectivity index (χ3n) is 2.53. The SMILES string of the molecule is C[C@H](Cc1ccccc1Br)NC(=O)c1ccon1. The van der Waals surface area contributed by atoms with Gasteiger partial charge in [-0.2, -0.15) is 0 Å². The first kappa shape index (κ1) is 12.8. The first-order valence-corrected chi connectivity index (χ1v) is 6.41. The van der Waals surface area contributed by atoms with Gasteiger partial charge in [-0.05, 0) is 25.0 Å². The summed E-state index contributed by atoms with van der Waals surface area (Å²) in [5, 5.41) is 6.47. The van der Waals surface area contributed by atoms with E-state index in [2.05, 4.69) is 30.9 Å². The number of benzene rings is 1. The highest BCUT2D eigenvalue weighted by Crippen LogP contribution is 2.17. The van der Waals surface area contributed by atoms with Gasteiger partial charge in [-0.15, -0.1) is 0 Å². The van der Waals surface area contributed by atoms with Crippen LogP contribution in [0.25, 0.3) is 0 Å². The van der Waals surface area contributed by atoms with Crippen LogP contribution >= 0.6 is 15.9 Å². The highest BCUT2D eigenvalue weighted by molar-refractivity contribution is 9.10. The molecular formula is C13H13BrN2O2. The quantitative estimate of drug-likeness (QED) is 0.945. The van der Waals surface area contributed by atoms with Gasteiger partial charge in [0.1, 0.15) is 6.26 Å². The number of carbonyl (C=O) groups excluding carboxylic acids is 1. The number of halogens is 1. The fourth-order valence-corrected chi connectivity index (χ4v) is 2.12. The fourth-order valence-electron chi connectivity index (χ4n) is 1.67. The predicted octanol–water partition coefficient (Wildman–Crippen LogP) is 2.80. The summed E-state index contributed by atoms with van der Waals surface area (Å²) in [6, 6.07) is 9.52. The van der Waals surface area contributed by atoms with E-state index < -0.39 is 0 Å². The van der Waals surface area contributed by atoms with Crippen LogP contribution in [0, 0.1) is 0 Å². The summed E-state index contributed by atoms with van der Waals surface area (Å²) in [6.07, 6.45) is 2.14. The Bertz CT molecular complexity index is 526. The third-order valence-corrected chi connectivity index (χ3v) is 3.31. The van der Waals surface area contributed by atoms with Crippen molar-refractivity contribution in [2.75, 3.05) is 0 Å². The maximum atomic E-state index is 11.7. The summed E-state index contributed by atoms with van der Waals surface area (Å²) in [5.41, 5.74) is 1.46. The van der Waals surface area contributed by atoms with Gasteiger partial charge in [0.05, 0.1) is 0 Å². The smallest absolute Gasteiger partial charge is 0.273 e. The zero-order valence-corrected chi connectivity index (χ0v) is 11.5. The van der Waals surface area contributed by atoms with Gasteiger partial charge in [-0.3, -0.25) is 4.79 Å². The van der Waals surface area contributed by atoms with Crippen LogP contribution in [-0.4, -0.2) is 17.1 Å². The molecule has 0 aliphatic rings. The first-order valence-electron chi connectivity index (χ1n) is 5.61. The number of hydrogen-bond donors (Lipinski definition) is 1. The lowest BCUT2D eigenvalue weighted by Crippen LogP contribution is -2.34. The van der Waals surface area contributed by atoms with Gasteiger partial charge in [0, 0.05) is 16.6 Å². The molecule has 1 N–H and O–H groups in total. The lowest BCUT2D eigenvalue weighted by atomic mass is 10.1. The van der Waals surface area contributed by atoms with Crippen LogP contribution in [0.5, 0.6) is 0 Å². The molecule has 1 heterocycles. The number of rotatable bonds is 4. The van der Waals surface area contributed by atoms with E-state index in [4.69, 9.17) is 0 Å². The van der Waals surface area contributed by atoms with Crippen LogP contribution < -0.4 is 5.32 Å². The van der Waals surface area contributed by atoms with Crippen LogP contribution in [0.2, 0.25) is 0 Å². The zero-order valence-electron chi connectivity index (χ0n) is 9.89. The molecule has 1 aromatic heterocycles. The molecule has 18 heavy (non-hydrogen) atoms. The molecule has 1 amide bonds. The second-order valence-corrected chi connectivity index (χ2v) is 4.91. The Hall–Kier alpha value is -1.62. The van der Waals surface area contributed by atoms with Crippen molar-refractivity contribution in [1.82, 2.24) is 10.5 Å². The summed E-state index contributed by atoms with van der Waals surface area (Å²) in [6.45, 7) is 1.96. The zero-order chi connectivity index (χ0) is 13.0. The van der Waals surface area contributed by atoms with Crippen LogP contribution in [0.3, 0.4) is 0 Å². The van der Waals surface area contributed by atoms with Crippen LogP contribution in [0.4, 0.5) is 0 Å². The first-order chi connectivity index (χ1) is 8.66. The number of nitrogens with one attached hydrogen (secondary N) is 1. The van der Waals surface area contributed by atoms with E-state index in [1.165, 1.54) is 6.26 Å². The highest BCUT2D eigenvalue weighted by Gasteiger charge is 2.13. The predicted molar refractivity (Wildman–Crippen MR) is 71.3 cm³/mol. The molecule has 0 unspecified atom stereocenters. The van der Waals surface area contributed by atoms with Gasteiger partial charge in [-0.1, -0.05) is 39.3 Å². The topological polar surface area (TPSA) is 55.1 Å². The Kier molecular flexibility index (Phi) is 4.15. The van der Waals surface area contributed by atoms with Gasteiger partial charge in [0.15, 0.2) is 5.69 Å². The van der Waals surface area contributed by atoms with Crippen molar-refractivity contribution >= 4 is 21.8 Å². The monoisotopic (exact) mass is 308 g/mol. The van der Waals surface area contributed by atoms with E-state index in [9.17, 15) is 4.79 Å². The van der Waals surface area contributed by atoms with Crippen molar-refractivity contribution < 1.29 is 9.32 Å². The van der Waals surface area contributed by atoms with Crippen molar-refractivity contribution in [3.05, 3.63) is 52.3 Å². The molecule has 0 bridgehead atoms. The summed E-state index contributed by atoms with van der Waals surface area (Å²) in [5.74, 6) is -0.219. The molecule has 1 atom stereocenters. The Morgan fingerprint density at radius 2 is 2.22 bits per heavy atom. The van der Waals surface area contributed by atoms with Crippen LogP contribution in [-0.2, 0) is 6.42 Å². The summed E-state index contributed by atoms with van der Waals surface area (Å²) in [4.78, 5) is 11.7. The molecule has 2 aromatic rings. The van der Waals surface area contributed by atoms with E-state index in [0.717, 1.165) is 16.5 Å². The largest absolute Gasteiger partial charge is 0.364 e. The minimum absolute atomic E-state index is 0.0212. The minimum atomic E-state index is -0.219. The molecule has 4 nitrogen and oxygen atoms in total. The normalized spacial score (nSPS) is 12.1. The van der Waals surface area contributed by atoms with Crippen molar-refractivity contribution in [3.63, 3.8) is 0 Å². The Morgan fingerprint density at radius 3 is 2.89 bits per heavy atom. The standard InChI is InChI=1S/C13H13BrN2O2/c1-9(8-10-4-2-3-5-11(10)14)15-13(17)12-6-7-18-16-12/h2-7,9H,8H2,1H3,(H,15,17)/t9-/m1/s1. The number of hydrogen-bond acceptors (Lipinski definition) is 3. The molecule has 5 heteroatoms. The number of nitrogens with zero attached hydrogens (tertiary/aromatic N) is 1. The van der Waals surface area contributed by atoms with Crippen LogP contribution in [0.15, 0.2) is 45.6 Å². The van der Waals surface area contributed by atoms with E-state index in [0.29, 0.717) is 5.69 Å². The number of carbonyl (C=O) groups is 1. The maximum Gasteiger partial charge on any atom is 0.273 e. The lowest BCUT2D eigenvalue weighted by molar-refractivity contribution is 0.0931. The van der Waals surface area contributed by atoms with E-state index in [1.54, 1.807) is 6.07 Å². The lowest BCUT2D eigenvalue weighted by Gasteiger charge is -2.13. The highest BCUT2D eigenvalue weighted by atomic mass is 79.9. The Morgan fingerprint density at radius 1 is 1.44 bits per heavy atom. The molecule has 0 saturated carbocycles. The molecule has 0 spiro atoms. The molecule has 0 saturated heterocycles. The van der Waals surface area contributed by atoms with E-state index >= 15 is 0 Å². The van der Waals surface area contributed by atoms with Crippen molar-refractivity contribution in [1.29, 1.82) is 0 Å². The molecule has 0 aliphatic carbocycles. The van der Waals surface area contributed by atoms with Gasteiger partial charge in [0.25, 0.3) is 5.91 Å². The van der Waals surface area contributed by atoms with Gasteiger partial charge < -0.3 is 9.84 Å². The van der Waals surface area contributed by atoms with Gasteiger partial charge in [0.2, 0.25) is 0 Å². The van der Waals surface area contributed by atoms with Crippen molar-refractivity contribution in [3.8, 4) is 0 Å². The molecule has 2 rings (SSSR count). The summed E-state index contributed by atoms with van der Waals surface area (Å²) in [7, 11) is 0. The van der Waals surface area contributed by atoms with Crippen LogP contribution in [0.1, 0.15) is 23.0 Å². The Balaban J connectivity index is 1.95.